The Bertz CT molecular complexity index is 369. The summed E-state index contributed by atoms with van der Waals surface area (Å²) in [6, 6.07) is 8.63. The van der Waals surface area contributed by atoms with E-state index in [1.807, 2.05) is 33.0 Å². The van der Waals surface area contributed by atoms with Crippen molar-refractivity contribution in [1.29, 1.82) is 0 Å². The number of likely N-dealkylation sites (N-methyl/N-ethyl adjacent to an activating group) is 1. The van der Waals surface area contributed by atoms with Gasteiger partial charge in [0.05, 0.1) is 18.2 Å². The maximum atomic E-state index is 5.89. The fourth-order valence-electron chi connectivity index (χ4n) is 2.62. The number of hydrogen-bond donors (Lipinski definition) is 1. The van der Waals surface area contributed by atoms with Gasteiger partial charge in [0.1, 0.15) is 5.75 Å². The van der Waals surface area contributed by atoms with Crippen LogP contribution in [0.3, 0.4) is 0 Å². The Morgan fingerprint density at radius 2 is 1.95 bits per heavy atom. The second-order valence-electron chi connectivity index (χ2n) is 5.41. The highest BCUT2D eigenvalue weighted by Crippen LogP contribution is 2.27. The predicted octanol–water partition coefficient (Wildman–Crippen LogP) is 3.30. The van der Waals surface area contributed by atoms with Crippen molar-refractivity contribution in [3.63, 3.8) is 0 Å². The lowest BCUT2D eigenvalue weighted by molar-refractivity contribution is -0.00663. The highest BCUT2D eigenvalue weighted by atomic mass is 16.5. The van der Waals surface area contributed by atoms with Crippen molar-refractivity contribution in [3.8, 4) is 5.75 Å². The van der Waals surface area contributed by atoms with Crippen molar-refractivity contribution in [2.45, 2.75) is 51.4 Å². The van der Waals surface area contributed by atoms with E-state index in [1.165, 1.54) is 18.4 Å². The monoisotopic (exact) mass is 263 g/mol. The zero-order valence-corrected chi connectivity index (χ0v) is 12.2. The fourth-order valence-corrected chi connectivity index (χ4v) is 2.62. The lowest BCUT2D eigenvalue weighted by atomic mass is 9.96. The summed E-state index contributed by atoms with van der Waals surface area (Å²) in [5.41, 5.74) is 1.27. The third-order valence-electron chi connectivity index (χ3n) is 3.51. The number of benzene rings is 1. The molecular formula is C16H25NO2. The van der Waals surface area contributed by atoms with Crippen molar-refractivity contribution in [3.05, 3.63) is 29.8 Å². The summed E-state index contributed by atoms with van der Waals surface area (Å²) >= 11 is 0. The van der Waals surface area contributed by atoms with Crippen molar-refractivity contribution in [2.24, 2.45) is 0 Å². The molecule has 1 aliphatic rings. The summed E-state index contributed by atoms with van der Waals surface area (Å²) in [5.74, 6) is 0.929. The van der Waals surface area contributed by atoms with Gasteiger partial charge in [0, 0.05) is 6.61 Å². The Labute approximate surface area is 116 Å². The van der Waals surface area contributed by atoms with Gasteiger partial charge in [-0.1, -0.05) is 12.1 Å². The van der Waals surface area contributed by atoms with Crippen LogP contribution in [0.1, 0.15) is 44.7 Å². The molecule has 1 heterocycles. The predicted molar refractivity (Wildman–Crippen MR) is 77.6 cm³/mol. The molecule has 1 fully saturated rings. The molecule has 1 aromatic rings. The van der Waals surface area contributed by atoms with Crippen LogP contribution in [0.25, 0.3) is 0 Å². The molecule has 0 spiro atoms. The van der Waals surface area contributed by atoms with Crippen LogP contribution in [0.4, 0.5) is 0 Å². The molecule has 2 atom stereocenters. The quantitative estimate of drug-likeness (QED) is 0.884. The first-order valence-corrected chi connectivity index (χ1v) is 7.26. The standard InChI is InChI=1S/C16H25NO2/c1-12(2)19-14-9-7-13(8-10-14)16(17-3)15-6-4-5-11-18-15/h7-10,12,15-17H,4-6,11H2,1-3H3. The Hall–Kier alpha value is -1.06. The maximum Gasteiger partial charge on any atom is 0.119 e. The summed E-state index contributed by atoms with van der Waals surface area (Å²) in [5, 5.41) is 3.38. The van der Waals surface area contributed by atoms with Crippen LogP contribution < -0.4 is 10.1 Å². The Morgan fingerprint density at radius 1 is 1.21 bits per heavy atom. The molecule has 0 radical (unpaired) electrons. The minimum Gasteiger partial charge on any atom is -0.491 e. The molecule has 2 rings (SSSR count). The van der Waals surface area contributed by atoms with Gasteiger partial charge in [0.15, 0.2) is 0 Å². The van der Waals surface area contributed by atoms with Crippen LogP contribution in [0.5, 0.6) is 5.75 Å². The molecule has 106 valence electrons. The Kier molecular flexibility index (Phi) is 5.23. The first-order chi connectivity index (χ1) is 9.20. The van der Waals surface area contributed by atoms with Crippen LogP contribution in [-0.4, -0.2) is 25.9 Å². The molecule has 2 unspecified atom stereocenters. The first-order valence-electron chi connectivity index (χ1n) is 7.26. The summed E-state index contributed by atoms with van der Waals surface area (Å²) in [6.45, 7) is 4.97. The number of hydrogen-bond acceptors (Lipinski definition) is 3. The fraction of sp³-hybridized carbons (Fsp3) is 0.625. The van der Waals surface area contributed by atoms with E-state index in [0.29, 0.717) is 0 Å². The molecule has 0 bridgehead atoms. The molecule has 0 aromatic heterocycles. The average Bonchev–Trinajstić information content (AvgIpc) is 2.42. The smallest absolute Gasteiger partial charge is 0.119 e. The molecule has 3 nitrogen and oxygen atoms in total. The molecular weight excluding hydrogens is 238 g/mol. The molecule has 0 amide bonds. The van der Waals surface area contributed by atoms with Crippen LogP contribution in [0.15, 0.2) is 24.3 Å². The van der Waals surface area contributed by atoms with Crippen molar-refractivity contribution >= 4 is 0 Å². The van der Waals surface area contributed by atoms with E-state index in [-0.39, 0.29) is 18.2 Å². The molecule has 19 heavy (non-hydrogen) atoms. The maximum absolute atomic E-state index is 5.89. The largest absolute Gasteiger partial charge is 0.491 e. The van der Waals surface area contributed by atoms with Gasteiger partial charge in [-0.05, 0) is 57.9 Å². The Morgan fingerprint density at radius 3 is 2.47 bits per heavy atom. The van der Waals surface area contributed by atoms with Gasteiger partial charge < -0.3 is 14.8 Å². The molecule has 1 aromatic carbocycles. The van der Waals surface area contributed by atoms with Gasteiger partial charge in [-0.15, -0.1) is 0 Å². The minimum atomic E-state index is 0.215. The third kappa shape index (κ3) is 3.95. The minimum absolute atomic E-state index is 0.215. The highest BCUT2D eigenvalue weighted by molar-refractivity contribution is 5.30. The van der Waals surface area contributed by atoms with Crippen molar-refractivity contribution in [1.82, 2.24) is 5.32 Å². The van der Waals surface area contributed by atoms with Gasteiger partial charge in [0.25, 0.3) is 0 Å². The van der Waals surface area contributed by atoms with E-state index in [0.717, 1.165) is 18.8 Å². The molecule has 0 aliphatic carbocycles. The van der Waals surface area contributed by atoms with Gasteiger partial charge in [-0.25, -0.2) is 0 Å². The van der Waals surface area contributed by atoms with E-state index in [2.05, 4.69) is 17.4 Å². The summed E-state index contributed by atoms with van der Waals surface area (Å²) in [7, 11) is 2.00. The van der Waals surface area contributed by atoms with Crippen LogP contribution in [0.2, 0.25) is 0 Å². The van der Waals surface area contributed by atoms with Gasteiger partial charge >= 0.3 is 0 Å². The normalized spacial score (nSPS) is 21.4. The average molecular weight is 263 g/mol. The van der Waals surface area contributed by atoms with Gasteiger partial charge in [0.2, 0.25) is 0 Å². The third-order valence-corrected chi connectivity index (χ3v) is 3.51. The zero-order valence-electron chi connectivity index (χ0n) is 12.2. The van der Waals surface area contributed by atoms with E-state index < -0.39 is 0 Å². The number of ether oxygens (including phenoxy) is 2. The van der Waals surface area contributed by atoms with Crippen molar-refractivity contribution in [2.75, 3.05) is 13.7 Å². The summed E-state index contributed by atoms with van der Waals surface area (Å²) in [4.78, 5) is 0. The van der Waals surface area contributed by atoms with E-state index >= 15 is 0 Å². The Balaban J connectivity index is 2.05. The van der Waals surface area contributed by atoms with Crippen molar-refractivity contribution < 1.29 is 9.47 Å². The lowest BCUT2D eigenvalue weighted by Gasteiger charge is -2.30. The van der Waals surface area contributed by atoms with Crippen LogP contribution in [0, 0.1) is 0 Å². The molecule has 0 saturated carbocycles. The van der Waals surface area contributed by atoms with Crippen LogP contribution >= 0.6 is 0 Å². The molecule has 3 heteroatoms. The van der Waals surface area contributed by atoms with E-state index in [1.54, 1.807) is 0 Å². The molecule has 1 N–H and O–H groups in total. The van der Waals surface area contributed by atoms with Crippen LogP contribution in [-0.2, 0) is 4.74 Å². The SMILES string of the molecule is CNC(c1ccc(OC(C)C)cc1)C1CCCCO1. The molecule has 1 aliphatic heterocycles. The van der Waals surface area contributed by atoms with E-state index in [9.17, 15) is 0 Å². The second-order valence-corrected chi connectivity index (χ2v) is 5.41. The summed E-state index contributed by atoms with van der Waals surface area (Å²) in [6.07, 6.45) is 4.09. The molecule has 1 saturated heterocycles. The first kappa shape index (κ1) is 14.4. The number of nitrogens with one attached hydrogen (secondary N) is 1. The lowest BCUT2D eigenvalue weighted by Crippen LogP contribution is -2.34. The van der Waals surface area contributed by atoms with Gasteiger partial charge in [-0.3, -0.25) is 0 Å². The topological polar surface area (TPSA) is 30.5 Å². The summed E-state index contributed by atoms with van der Waals surface area (Å²) < 4.78 is 11.6. The van der Waals surface area contributed by atoms with Gasteiger partial charge in [-0.2, -0.15) is 0 Å². The number of rotatable bonds is 5. The zero-order chi connectivity index (χ0) is 13.7. The van der Waals surface area contributed by atoms with E-state index in [4.69, 9.17) is 9.47 Å². The second kappa shape index (κ2) is 6.92. The highest BCUT2D eigenvalue weighted by Gasteiger charge is 2.24.